The number of nitrogens with one attached hydrogen (secondary N) is 1. The number of anilines is 2. The zero-order valence-electron chi connectivity index (χ0n) is 11.6. The summed E-state index contributed by atoms with van der Waals surface area (Å²) in [6.45, 7) is 2.75. The number of carbonyl (C=O) groups is 2. The largest absolute Gasteiger partial charge is 0.462 e. The molecule has 0 aliphatic heterocycles. The van der Waals surface area contributed by atoms with Gasteiger partial charge in [0.05, 0.1) is 23.5 Å². The fourth-order valence-corrected chi connectivity index (χ4v) is 1.70. The lowest BCUT2D eigenvalue weighted by Crippen LogP contribution is -2.11. The lowest BCUT2D eigenvalue weighted by molar-refractivity contribution is -0.118. The molecule has 110 valence electrons. The number of carbonyl (C=O) groups excluding carboxylic acids is 2. The summed E-state index contributed by atoms with van der Waals surface area (Å²) >= 11 is 0. The summed E-state index contributed by atoms with van der Waals surface area (Å²) in [7, 11) is 0. The van der Waals surface area contributed by atoms with Gasteiger partial charge in [-0.2, -0.15) is 0 Å². The third-order valence-electron chi connectivity index (χ3n) is 2.73. The maximum atomic E-state index is 11.6. The summed E-state index contributed by atoms with van der Waals surface area (Å²) in [5.41, 5.74) is 12.6. The maximum absolute atomic E-state index is 11.6. The fraction of sp³-hybridized carbons (Fsp3) is 0.429. The van der Waals surface area contributed by atoms with Crippen LogP contribution < -0.4 is 16.8 Å². The lowest BCUT2D eigenvalue weighted by atomic mass is 10.1. The fourth-order valence-electron chi connectivity index (χ4n) is 1.70. The summed E-state index contributed by atoms with van der Waals surface area (Å²) in [4.78, 5) is 22.2. The first-order chi connectivity index (χ1) is 9.54. The number of nitrogen functional groups attached to an aromatic ring is 1. The van der Waals surface area contributed by atoms with E-state index in [1.807, 2.05) is 0 Å². The Morgan fingerprint density at radius 1 is 1.30 bits per heavy atom. The molecule has 6 heteroatoms. The van der Waals surface area contributed by atoms with Gasteiger partial charge >= 0.3 is 5.97 Å². The van der Waals surface area contributed by atoms with Gasteiger partial charge in [0.2, 0.25) is 5.91 Å². The first kappa shape index (κ1) is 15.8. The van der Waals surface area contributed by atoms with Crippen LogP contribution in [0.15, 0.2) is 18.2 Å². The molecule has 1 rings (SSSR count). The molecule has 6 nitrogen and oxygen atoms in total. The monoisotopic (exact) mass is 279 g/mol. The second-order valence-electron chi connectivity index (χ2n) is 4.37. The van der Waals surface area contributed by atoms with Crippen LogP contribution >= 0.6 is 0 Å². The molecule has 0 bridgehead atoms. The molecule has 20 heavy (non-hydrogen) atoms. The quantitative estimate of drug-likeness (QED) is 0.380. The molecule has 0 unspecified atom stereocenters. The standard InChI is InChI=1S/C14H21N3O3/c1-2-20-14(19)10-6-7-11(15)12(9-10)17-8-4-3-5-13(16)18/h6-7,9,17H,2-5,8,15H2,1H3,(H2,16,18). The molecule has 0 radical (unpaired) electrons. The van der Waals surface area contributed by atoms with Crippen molar-refractivity contribution in [3.63, 3.8) is 0 Å². The molecule has 1 aromatic rings. The van der Waals surface area contributed by atoms with Gasteiger partial charge in [-0.05, 0) is 38.0 Å². The van der Waals surface area contributed by atoms with Gasteiger partial charge in [0.1, 0.15) is 0 Å². The topological polar surface area (TPSA) is 107 Å². The van der Waals surface area contributed by atoms with Crippen LogP contribution in [0.3, 0.4) is 0 Å². The van der Waals surface area contributed by atoms with Crippen molar-refractivity contribution >= 4 is 23.3 Å². The average Bonchev–Trinajstić information content (AvgIpc) is 2.40. The first-order valence-electron chi connectivity index (χ1n) is 6.63. The van der Waals surface area contributed by atoms with Crippen molar-refractivity contribution < 1.29 is 14.3 Å². The van der Waals surface area contributed by atoms with Crippen molar-refractivity contribution in [2.24, 2.45) is 5.73 Å². The summed E-state index contributed by atoms with van der Waals surface area (Å²) < 4.78 is 4.93. The summed E-state index contributed by atoms with van der Waals surface area (Å²) in [5.74, 6) is -0.668. The molecule has 1 amide bonds. The van der Waals surface area contributed by atoms with Gasteiger partial charge in [0.15, 0.2) is 0 Å². The smallest absolute Gasteiger partial charge is 0.338 e. The van der Waals surface area contributed by atoms with Crippen molar-refractivity contribution in [3.05, 3.63) is 23.8 Å². The van der Waals surface area contributed by atoms with Gasteiger partial charge < -0.3 is 21.5 Å². The lowest BCUT2D eigenvalue weighted by Gasteiger charge is -2.10. The number of primary amides is 1. The molecule has 5 N–H and O–H groups in total. The molecule has 0 heterocycles. The highest BCUT2D eigenvalue weighted by Gasteiger charge is 2.08. The Morgan fingerprint density at radius 3 is 2.70 bits per heavy atom. The molecule has 0 saturated heterocycles. The molecular weight excluding hydrogens is 258 g/mol. The Kier molecular flexibility index (Phi) is 6.36. The zero-order valence-corrected chi connectivity index (χ0v) is 11.6. The number of unbranched alkanes of at least 4 members (excludes halogenated alkanes) is 1. The van der Waals surface area contributed by atoms with E-state index < -0.39 is 0 Å². The van der Waals surface area contributed by atoms with E-state index in [9.17, 15) is 9.59 Å². The van der Waals surface area contributed by atoms with Crippen LogP contribution in [0.1, 0.15) is 36.5 Å². The molecule has 0 saturated carbocycles. The molecule has 0 spiro atoms. The Bertz CT molecular complexity index is 475. The second-order valence-corrected chi connectivity index (χ2v) is 4.37. The highest BCUT2D eigenvalue weighted by molar-refractivity contribution is 5.92. The molecule has 0 aliphatic carbocycles. The van der Waals surface area contributed by atoms with Crippen LogP contribution in [0, 0.1) is 0 Å². The minimum absolute atomic E-state index is 0.297. The van der Waals surface area contributed by atoms with Gasteiger partial charge in [-0.25, -0.2) is 4.79 Å². The van der Waals surface area contributed by atoms with Gasteiger partial charge in [0.25, 0.3) is 0 Å². The highest BCUT2D eigenvalue weighted by Crippen LogP contribution is 2.20. The average molecular weight is 279 g/mol. The van der Waals surface area contributed by atoms with Gasteiger partial charge in [-0.15, -0.1) is 0 Å². The van der Waals surface area contributed by atoms with Crippen LogP contribution in [-0.4, -0.2) is 25.0 Å². The SMILES string of the molecule is CCOC(=O)c1ccc(N)c(NCCCCC(N)=O)c1. The number of amides is 1. The van der Waals surface area contributed by atoms with E-state index >= 15 is 0 Å². The predicted molar refractivity (Wildman–Crippen MR) is 78.3 cm³/mol. The highest BCUT2D eigenvalue weighted by atomic mass is 16.5. The summed E-state index contributed by atoms with van der Waals surface area (Å²) in [6.07, 6.45) is 1.89. The van der Waals surface area contributed by atoms with Crippen LogP contribution in [0.25, 0.3) is 0 Å². The number of esters is 1. The van der Waals surface area contributed by atoms with E-state index in [0.717, 1.165) is 12.8 Å². The maximum Gasteiger partial charge on any atom is 0.338 e. The summed E-state index contributed by atoms with van der Waals surface area (Å²) in [5, 5.41) is 3.14. The molecule has 0 atom stereocenters. The Morgan fingerprint density at radius 2 is 2.05 bits per heavy atom. The van der Waals surface area contributed by atoms with Crippen molar-refractivity contribution in [1.82, 2.24) is 0 Å². The minimum Gasteiger partial charge on any atom is -0.462 e. The number of nitrogens with two attached hydrogens (primary N) is 2. The molecule has 0 fully saturated rings. The van der Waals surface area contributed by atoms with Crippen molar-refractivity contribution in [3.8, 4) is 0 Å². The van der Waals surface area contributed by atoms with Crippen molar-refractivity contribution in [2.45, 2.75) is 26.2 Å². The van der Waals surface area contributed by atoms with E-state index in [2.05, 4.69) is 5.32 Å². The third kappa shape index (κ3) is 5.17. The predicted octanol–water partition coefficient (Wildman–Crippen LogP) is 1.51. The summed E-state index contributed by atoms with van der Waals surface area (Å²) in [6, 6.07) is 4.96. The van der Waals surface area contributed by atoms with Gasteiger partial charge in [0, 0.05) is 13.0 Å². The van der Waals surface area contributed by atoms with Crippen molar-refractivity contribution in [2.75, 3.05) is 24.2 Å². The molecule has 0 aromatic heterocycles. The van der Waals surface area contributed by atoms with Crippen LogP contribution in [-0.2, 0) is 9.53 Å². The van der Waals surface area contributed by atoms with E-state index in [-0.39, 0.29) is 11.9 Å². The van der Waals surface area contributed by atoms with Crippen LogP contribution in [0.5, 0.6) is 0 Å². The van der Waals surface area contributed by atoms with E-state index in [4.69, 9.17) is 16.2 Å². The van der Waals surface area contributed by atoms with E-state index in [1.54, 1.807) is 25.1 Å². The number of benzene rings is 1. The zero-order chi connectivity index (χ0) is 15.0. The Hall–Kier alpha value is -2.24. The van der Waals surface area contributed by atoms with Gasteiger partial charge in [-0.1, -0.05) is 0 Å². The van der Waals surface area contributed by atoms with E-state index in [0.29, 0.717) is 36.5 Å². The number of hydrogen-bond donors (Lipinski definition) is 3. The normalized spacial score (nSPS) is 10.1. The molecule has 0 aliphatic rings. The second kappa shape index (κ2) is 8.04. The number of hydrogen-bond acceptors (Lipinski definition) is 5. The number of ether oxygens (including phenoxy) is 1. The third-order valence-corrected chi connectivity index (χ3v) is 2.73. The van der Waals surface area contributed by atoms with Gasteiger partial charge in [-0.3, -0.25) is 4.79 Å². The molecule has 1 aromatic carbocycles. The Labute approximate surface area is 118 Å². The Balaban J connectivity index is 2.54. The van der Waals surface area contributed by atoms with E-state index in [1.165, 1.54) is 0 Å². The van der Waals surface area contributed by atoms with Crippen LogP contribution in [0.2, 0.25) is 0 Å². The minimum atomic E-state index is -0.371. The number of rotatable bonds is 8. The van der Waals surface area contributed by atoms with Crippen molar-refractivity contribution in [1.29, 1.82) is 0 Å². The molecular formula is C14H21N3O3. The van der Waals surface area contributed by atoms with Crippen LogP contribution in [0.4, 0.5) is 11.4 Å². The first-order valence-corrected chi connectivity index (χ1v) is 6.63.